The van der Waals surface area contributed by atoms with Crippen molar-refractivity contribution in [3.05, 3.63) is 27.7 Å². The Balaban J connectivity index is 1.59. The number of nitrogens with zero attached hydrogens (tertiary/aromatic N) is 1. The molecule has 1 N–H and O–H groups in total. The number of thioether (sulfide) groups is 1. The second kappa shape index (κ2) is 7.29. The lowest BCUT2D eigenvalue weighted by atomic mass is 10.2. The van der Waals surface area contributed by atoms with E-state index in [1.807, 2.05) is 6.92 Å². The molecule has 140 valence electrons. The smallest absolute Gasteiger partial charge is 0.330 e. The lowest BCUT2D eigenvalue weighted by Crippen LogP contribution is -2.47. The van der Waals surface area contributed by atoms with Crippen molar-refractivity contribution in [1.82, 2.24) is 4.90 Å². The number of hydrogen-bond donors (Lipinski definition) is 1. The molecule has 2 fully saturated rings. The van der Waals surface area contributed by atoms with E-state index in [1.165, 1.54) is 0 Å². The number of nitrogens with one attached hydrogen (secondary N) is 1. The number of carbonyl (C=O) groups excluding carboxylic acids is 3. The topological polar surface area (TPSA) is 75.7 Å². The summed E-state index contributed by atoms with van der Waals surface area (Å²) in [5.41, 5.74) is 1.05. The number of amides is 2. The number of rotatable bonds is 4. The Kier molecular flexibility index (Phi) is 5.42. The van der Waals surface area contributed by atoms with Crippen molar-refractivity contribution in [2.24, 2.45) is 0 Å². The molecule has 2 amide bonds. The quantitative estimate of drug-likeness (QED) is 0.762. The summed E-state index contributed by atoms with van der Waals surface area (Å²) in [7, 11) is 0. The number of anilines is 1. The first-order valence-electron chi connectivity index (χ1n) is 8.10. The van der Waals surface area contributed by atoms with E-state index in [0.717, 1.165) is 5.56 Å². The molecule has 6 nitrogen and oxygen atoms in total. The molecule has 3 rings (SSSR count). The van der Waals surface area contributed by atoms with Gasteiger partial charge in [-0.15, -0.1) is 11.8 Å². The second-order valence-corrected chi connectivity index (χ2v) is 8.76. The van der Waals surface area contributed by atoms with Crippen LogP contribution in [0.5, 0.6) is 0 Å². The highest BCUT2D eigenvalue weighted by molar-refractivity contribution is 8.01. The largest absolute Gasteiger partial charge is 0.454 e. The van der Waals surface area contributed by atoms with Gasteiger partial charge in [-0.3, -0.25) is 9.59 Å². The third-order valence-electron chi connectivity index (χ3n) is 4.61. The summed E-state index contributed by atoms with van der Waals surface area (Å²) in [6, 6.07) is 2.71. The maximum absolute atomic E-state index is 12.4. The summed E-state index contributed by atoms with van der Waals surface area (Å²) < 4.78 is 5.13. The van der Waals surface area contributed by atoms with E-state index in [-0.39, 0.29) is 16.5 Å². The van der Waals surface area contributed by atoms with E-state index in [2.05, 4.69) is 5.32 Å². The number of esters is 1. The minimum Gasteiger partial charge on any atom is -0.454 e. The fourth-order valence-electron chi connectivity index (χ4n) is 3.17. The lowest BCUT2D eigenvalue weighted by molar-refractivity contribution is -0.155. The van der Waals surface area contributed by atoms with Gasteiger partial charge in [0, 0.05) is 12.2 Å². The van der Waals surface area contributed by atoms with Crippen molar-refractivity contribution in [1.29, 1.82) is 0 Å². The molecule has 2 atom stereocenters. The minimum absolute atomic E-state index is 0.0535. The summed E-state index contributed by atoms with van der Waals surface area (Å²) >= 11 is 13.8. The van der Waals surface area contributed by atoms with E-state index in [4.69, 9.17) is 27.9 Å². The normalized spacial score (nSPS) is 24.5. The Morgan fingerprint density at radius 2 is 2.15 bits per heavy atom. The average molecular weight is 417 g/mol. The minimum atomic E-state index is -0.654. The van der Waals surface area contributed by atoms with Gasteiger partial charge in [0.1, 0.15) is 6.04 Å². The van der Waals surface area contributed by atoms with Gasteiger partial charge in [0.2, 0.25) is 5.91 Å². The zero-order valence-corrected chi connectivity index (χ0v) is 16.6. The van der Waals surface area contributed by atoms with Gasteiger partial charge in [0.05, 0.1) is 20.6 Å². The molecule has 0 aromatic heterocycles. The molecule has 9 heteroatoms. The standard InChI is InChI=1S/C17H18Cl2N2O4S/c1-9-3-4-10(18)15(14(9)19)20-12(22)7-25-16(24)11-8-26-17(2)6-5-13(23)21(11)17/h3-4,11H,5-8H2,1-2H3,(H,20,22)/t11-,17-/m0/s1. The highest BCUT2D eigenvalue weighted by atomic mass is 35.5. The molecule has 1 aromatic carbocycles. The molecule has 0 spiro atoms. The van der Waals surface area contributed by atoms with Crippen molar-refractivity contribution in [2.75, 3.05) is 17.7 Å². The Morgan fingerprint density at radius 3 is 2.88 bits per heavy atom. The molecule has 0 saturated carbocycles. The van der Waals surface area contributed by atoms with Crippen molar-refractivity contribution in [2.45, 2.75) is 37.6 Å². The van der Waals surface area contributed by atoms with Gasteiger partial charge in [-0.1, -0.05) is 29.3 Å². The van der Waals surface area contributed by atoms with Gasteiger partial charge in [-0.05, 0) is 31.9 Å². The monoisotopic (exact) mass is 416 g/mol. The van der Waals surface area contributed by atoms with Gasteiger partial charge >= 0.3 is 5.97 Å². The fraction of sp³-hybridized carbons (Fsp3) is 0.471. The first-order valence-corrected chi connectivity index (χ1v) is 9.84. The molecule has 0 radical (unpaired) electrons. The molecule has 2 saturated heterocycles. The summed E-state index contributed by atoms with van der Waals surface area (Å²) in [6.45, 7) is 3.26. The van der Waals surface area contributed by atoms with E-state index >= 15 is 0 Å². The summed E-state index contributed by atoms with van der Waals surface area (Å²) in [6.07, 6.45) is 1.14. The van der Waals surface area contributed by atoms with Crippen molar-refractivity contribution in [3.63, 3.8) is 0 Å². The van der Waals surface area contributed by atoms with E-state index in [0.29, 0.717) is 28.6 Å². The maximum atomic E-state index is 12.4. The predicted octanol–water partition coefficient (Wildman–Crippen LogP) is 3.24. The zero-order valence-electron chi connectivity index (χ0n) is 14.3. The molecule has 1 aromatic rings. The number of aryl methyl sites for hydroxylation is 1. The van der Waals surface area contributed by atoms with E-state index in [9.17, 15) is 14.4 Å². The summed E-state index contributed by atoms with van der Waals surface area (Å²) in [5.74, 6) is -0.706. The fourth-order valence-corrected chi connectivity index (χ4v) is 5.06. The van der Waals surface area contributed by atoms with Crippen LogP contribution in [0.2, 0.25) is 10.0 Å². The van der Waals surface area contributed by atoms with E-state index in [1.54, 1.807) is 35.7 Å². The third kappa shape index (κ3) is 3.52. The van der Waals surface area contributed by atoms with Crippen LogP contribution in [0.25, 0.3) is 0 Å². The van der Waals surface area contributed by atoms with Gasteiger partial charge in [0.15, 0.2) is 6.61 Å². The Morgan fingerprint density at radius 1 is 1.42 bits per heavy atom. The number of fused-ring (bicyclic) bond motifs is 1. The van der Waals surface area contributed by atoms with Crippen molar-refractivity contribution >= 4 is 58.4 Å². The molecule has 0 unspecified atom stereocenters. The number of halogens is 2. The van der Waals surface area contributed by atoms with Crippen LogP contribution in [-0.4, -0.2) is 46.0 Å². The van der Waals surface area contributed by atoms with Crippen LogP contribution in [0.3, 0.4) is 0 Å². The number of hydrogen-bond acceptors (Lipinski definition) is 5. The molecule has 2 aliphatic heterocycles. The molecule has 2 aliphatic rings. The Labute approximate surface area is 165 Å². The van der Waals surface area contributed by atoms with Crippen LogP contribution in [0.4, 0.5) is 5.69 Å². The van der Waals surface area contributed by atoms with Crippen LogP contribution in [0, 0.1) is 6.92 Å². The first kappa shape index (κ1) is 19.3. The Bertz CT molecular complexity index is 788. The highest BCUT2D eigenvalue weighted by Crippen LogP contribution is 2.47. The highest BCUT2D eigenvalue weighted by Gasteiger charge is 2.53. The molecular formula is C17H18Cl2N2O4S. The van der Waals surface area contributed by atoms with Gasteiger partial charge in [-0.25, -0.2) is 4.79 Å². The van der Waals surface area contributed by atoms with Crippen molar-refractivity contribution < 1.29 is 19.1 Å². The number of carbonyl (C=O) groups is 3. The van der Waals surface area contributed by atoms with E-state index < -0.39 is 24.5 Å². The van der Waals surface area contributed by atoms with Gasteiger partial charge < -0.3 is 15.0 Å². The lowest BCUT2D eigenvalue weighted by Gasteiger charge is -2.29. The molecule has 0 aliphatic carbocycles. The SMILES string of the molecule is Cc1ccc(Cl)c(NC(=O)COC(=O)[C@@H]2CS[C@@]3(C)CCC(=O)N23)c1Cl. The molecular weight excluding hydrogens is 399 g/mol. The van der Waals surface area contributed by atoms with Crippen LogP contribution in [-0.2, 0) is 19.1 Å². The van der Waals surface area contributed by atoms with Gasteiger partial charge in [-0.2, -0.15) is 0 Å². The predicted molar refractivity (Wildman–Crippen MR) is 102 cm³/mol. The summed E-state index contributed by atoms with van der Waals surface area (Å²) in [5, 5.41) is 3.20. The Hall–Kier alpha value is -1.44. The molecule has 26 heavy (non-hydrogen) atoms. The number of benzene rings is 1. The first-order chi connectivity index (χ1) is 12.2. The van der Waals surface area contributed by atoms with Crippen molar-refractivity contribution in [3.8, 4) is 0 Å². The third-order valence-corrected chi connectivity index (χ3v) is 6.92. The van der Waals surface area contributed by atoms with Crippen LogP contribution in [0.1, 0.15) is 25.3 Å². The molecule has 2 heterocycles. The second-order valence-electron chi connectivity index (χ2n) is 6.47. The van der Waals surface area contributed by atoms with Gasteiger partial charge in [0.25, 0.3) is 5.91 Å². The van der Waals surface area contributed by atoms with Crippen LogP contribution in [0.15, 0.2) is 12.1 Å². The maximum Gasteiger partial charge on any atom is 0.330 e. The molecule has 0 bridgehead atoms. The van der Waals surface area contributed by atoms with Crippen LogP contribution < -0.4 is 5.32 Å². The summed E-state index contributed by atoms with van der Waals surface area (Å²) in [4.78, 5) is 37.8. The number of ether oxygens (including phenoxy) is 1. The average Bonchev–Trinajstić information content (AvgIpc) is 3.09. The zero-order chi connectivity index (χ0) is 19.1. The van der Waals surface area contributed by atoms with Crippen LogP contribution >= 0.6 is 35.0 Å².